The maximum absolute atomic E-state index is 12.7. The summed E-state index contributed by atoms with van der Waals surface area (Å²) in [6.45, 7) is 0.520. The molecule has 0 radical (unpaired) electrons. The van der Waals surface area contributed by atoms with Crippen molar-refractivity contribution in [2.75, 3.05) is 13.2 Å². The summed E-state index contributed by atoms with van der Waals surface area (Å²) in [7, 11) is 0. The van der Waals surface area contributed by atoms with Crippen LogP contribution in [-0.2, 0) is 14.3 Å². The number of carbonyl (C=O) groups is 2. The number of rotatable bonds is 7. The highest BCUT2D eigenvalue weighted by Gasteiger charge is 2.31. The highest BCUT2D eigenvalue weighted by Crippen LogP contribution is 2.34. The second-order valence-corrected chi connectivity index (χ2v) is 8.48. The van der Waals surface area contributed by atoms with E-state index in [1.807, 2.05) is 77.0 Å². The van der Waals surface area contributed by atoms with Crippen molar-refractivity contribution in [1.29, 1.82) is 0 Å². The van der Waals surface area contributed by atoms with Gasteiger partial charge in [0.25, 0.3) is 5.91 Å². The van der Waals surface area contributed by atoms with E-state index in [2.05, 4.69) is 6.07 Å². The molecule has 5 heteroatoms. The molecule has 0 saturated carbocycles. The van der Waals surface area contributed by atoms with E-state index in [4.69, 9.17) is 4.74 Å². The largest absolute Gasteiger partial charge is 0.456 e. The van der Waals surface area contributed by atoms with Crippen molar-refractivity contribution in [3.05, 3.63) is 94.2 Å². The molecular weight excluding hydrogens is 394 g/mol. The Morgan fingerprint density at radius 2 is 1.63 bits per heavy atom. The van der Waals surface area contributed by atoms with E-state index in [-0.39, 0.29) is 36.9 Å². The van der Waals surface area contributed by atoms with E-state index in [0.717, 1.165) is 30.5 Å². The molecule has 1 aliphatic rings. The number of esters is 1. The third kappa shape index (κ3) is 4.79. The van der Waals surface area contributed by atoms with Crippen LogP contribution in [-0.4, -0.2) is 29.9 Å². The van der Waals surface area contributed by atoms with Gasteiger partial charge < -0.3 is 9.64 Å². The van der Waals surface area contributed by atoms with Crippen LogP contribution in [0.4, 0.5) is 0 Å². The third-order valence-corrected chi connectivity index (χ3v) is 6.55. The Morgan fingerprint density at radius 1 is 0.967 bits per heavy atom. The Kier molecular flexibility index (Phi) is 6.60. The van der Waals surface area contributed by atoms with E-state index >= 15 is 0 Å². The van der Waals surface area contributed by atoms with Gasteiger partial charge in [0.05, 0.1) is 12.5 Å². The van der Waals surface area contributed by atoms with Crippen LogP contribution < -0.4 is 0 Å². The van der Waals surface area contributed by atoms with E-state index < -0.39 is 0 Å². The van der Waals surface area contributed by atoms with Gasteiger partial charge in [0.2, 0.25) is 0 Å². The first-order valence-corrected chi connectivity index (χ1v) is 11.2. The van der Waals surface area contributed by atoms with Crippen molar-refractivity contribution in [1.82, 2.24) is 4.90 Å². The Hall–Kier alpha value is -2.92. The Morgan fingerprint density at radius 3 is 2.23 bits per heavy atom. The zero-order valence-electron chi connectivity index (χ0n) is 16.8. The zero-order valence-corrected chi connectivity index (χ0v) is 17.6. The average Bonchev–Trinajstić information content (AvgIpc) is 3.49. The third-order valence-electron chi connectivity index (χ3n) is 5.58. The summed E-state index contributed by atoms with van der Waals surface area (Å²) >= 11 is 1.67. The van der Waals surface area contributed by atoms with Crippen molar-refractivity contribution < 1.29 is 14.3 Å². The number of ether oxygens (including phenoxy) is 1. The van der Waals surface area contributed by atoms with E-state index in [1.165, 1.54) is 4.88 Å². The molecular formula is C25H25NO3S. The van der Waals surface area contributed by atoms with Gasteiger partial charge >= 0.3 is 5.97 Å². The molecule has 4 rings (SSSR count). The van der Waals surface area contributed by atoms with Gasteiger partial charge in [0.15, 0.2) is 6.61 Å². The molecule has 1 amide bonds. The van der Waals surface area contributed by atoms with Gasteiger partial charge in [-0.25, -0.2) is 0 Å². The lowest BCUT2D eigenvalue weighted by Crippen LogP contribution is -2.34. The summed E-state index contributed by atoms with van der Waals surface area (Å²) in [6, 6.07) is 24.1. The molecule has 2 aromatic carbocycles. The standard InChI is InChI=1S/C25H25NO3S/c27-24(26-15-7-13-22(26)23-14-8-16-30-23)18-29-25(28)17-21(19-9-3-1-4-10-19)20-11-5-2-6-12-20/h1-6,8-12,14,16,21-22H,7,13,15,17-18H2. The summed E-state index contributed by atoms with van der Waals surface area (Å²) in [5, 5.41) is 2.03. The van der Waals surface area contributed by atoms with Crippen LogP contribution in [0.1, 0.15) is 47.2 Å². The second-order valence-electron chi connectivity index (χ2n) is 7.50. The van der Waals surface area contributed by atoms with Gasteiger partial charge in [0, 0.05) is 17.3 Å². The van der Waals surface area contributed by atoms with Crippen LogP contribution in [0, 0.1) is 0 Å². The van der Waals surface area contributed by atoms with Gasteiger partial charge in [0.1, 0.15) is 0 Å². The van der Waals surface area contributed by atoms with E-state index in [9.17, 15) is 9.59 Å². The average molecular weight is 420 g/mol. The highest BCUT2D eigenvalue weighted by molar-refractivity contribution is 7.10. The Balaban J connectivity index is 1.39. The maximum atomic E-state index is 12.7. The van der Waals surface area contributed by atoms with Crippen LogP contribution in [0.2, 0.25) is 0 Å². The predicted molar refractivity (Wildman–Crippen MR) is 118 cm³/mol. The molecule has 1 unspecified atom stereocenters. The fraction of sp³-hybridized carbons (Fsp3) is 0.280. The minimum Gasteiger partial charge on any atom is -0.456 e. The molecule has 1 fully saturated rings. The number of hydrogen-bond donors (Lipinski definition) is 0. The van der Waals surface area contributed by atoms with Crippen LogP contribution in [0.5, 0.6) is 0 Å². The zero-order chi connectivity index (χ0) is 20.8. The van der Waals surface area contributed by atoms with Crippen molar-refractivity contribution >= 4 is 23.2 Å². The fourth-order valence-electron chi connectivity index (χ4n) is 4.09. The summed E-state index contributed by atoms with van der Waals surface area (Å²) in [6.07, 6.45) is 2.15. The first-order valence-electron chi connectivity index (χ1n) is 10.3. The van der Waals surface area contributed by atoms with Gasteiger partial charge in [-0.1, -0.05) is 66.7 Å². The fourth-order valence-corrected chi connectivity index (χ4v) is 4.97. The van der Waals surface area contributed by atoms with Crippen molar-refractivity contribution in [3.63, 3.8) is 0 Å². The van der Waals surface area contributed by atoms with Crippen LogP contribution in [0.25, 0.3) is 0 Å². The first-order chi connectivity index (χ1) is 14.7. The second kappa shape index (κ2) is 9.72. The maximum Gasteiger partial charge on any atom is 0.307 e. The molecule has 1 aliphatic heterocycles. The summed E-state index contributed by atoms with van der Waals surface area (Å²) in [5.41, 5.74) is 2.12. The molecule has 0 N–H and O–H groups in total. The molecule has 154 valence electrons. The number of amides is 1. The minimum atomic E-state index is -0.354. The van der Waals surface area contributed by atoms with E-state index in [0.29, 0.717) is 0 Å². The van der Waals surface area contributed by atoms with Gasteiger partial charge in [-0.3, -0.25) is 9.59 Å². The van der Waals surface area contributed by atoms with Gasteiger partial charge in [-0.05, 0) is 35.4 Å². The van der Waals surface area contributed by atoms with Crippen LogP contribution in [0.3, 0.4) is 0 Å². The monoisotopic (exact) mass is 419 g/mol. The molecule has 0 aliphatic carbocycles. The van der Waals surface area contributed by atoms with Gasteiger partial charge in [-0.2, -0.15) is 0 Å². The molecule has 0 bridgehead atoms. The van der Waals surface area contributed by atoms with Gasteiger partial charge in [-0.15, -0.1) is 11.3 Å². The number of benzene rings is 2. The SMILES string of the molecule is O=C(CC(c1ccccc1)c1ccccc1)OCC(=O)N1CCCC1c1cccs1. The smallest absolute Gasteiger partial charge is 0.307 e. The van der Waals surface area contributed by atoms with Crippen LogP contribution >= 0.6 is 11.3 Å². The molecule has 2 heterocycles. The quantitative estimate of drug-likeness (QED) is 0.496. The molecule has 1 saturated heterocycles. The van der Waals surface area contributed by atoms with Crippen molar-refractivity contribution in [2.24, 2.45) is 0 Å². The molecule has 1 aromatic heterocycles. The highest BCUT2D eigenvalue weighted by atomic mass is 32.1. The molecule has 30 heavy (non-hydrogen) atoms. The minimum absolute atomic E-state index is 0.0966. The predicted octanol–water partition coefficient (Wildman–Crippen LogP) is 5.18. The summed E-state index contributed by atoms with van der Waals surface area (Å²) < 4.78 is 5.43. The molecule has 1 atom stereocenters. The lowest BCUT2D eigenvalue weighted by Gasteiger charge is -2.24. The summed E-state index contributed by atoms with van der Waals surface area (Å²) in [5.74, 6) is -0.566. The summed E-state index contributed by atoms with van der Waals surface area (Å²) in [4.78, 5) is 28.4. The van der Waals surface area contributed by atoms with E-state index in [1.54, 1.807) is 11.3 Å². The lowest BCUT2D eigenvalue weighted by molar-refractivity contribution is -0.152. The first kappa shape index (κ1) is 20.4. The normalized spacial score (nSPS) is 16.0. The Labute approximate surface area is 181 Å². The number of thiophene rings is 1. The number of likely N-dealkylation sites (tertiary alicyclic amines) is 1. The Bertz CT molecular complexity index is 917. The molecule has 3 aromatic rings. The molecule has 4 nitrogen and oxygen atoms in total. The van der Waals surface area contributed by atoms with Crippen molar-refractivity contribution in [3.8, 4) is 0 Å². The number of nitrogens with zero attached hydrogens (tertiary/aromatic N) is 1. The van der Waals surface area contributed by atoms with Crippen molar-refractivity contribution in [2.45, 2.75) is 31.2 Å². The number of carbonyl (C=O) groups excluding carboxylic acids is 2. The number of hydrogen-bond acceptors (Lipinski definition) is 4. The van der Waals surface area contributed by atoms with Crippen LogP contribution in [0.15, 0.2) is 78.2 Å². The lowest BCUT2D eigenvalue weighted by atomic mass is 9.89. The topological polar surface area (TPSA) is 46.6 Å². The molecule has 0 spiro atoms.